The lowest BCUT2D eigenvalue weighted by atomic mass is 9.69. The van der Waals surface area contributed by atoms with E-state index in [0.29, 0.717) is 19.4 Å². The highest BCUT2D eigenvalue weighted by Gasteiger charge is 2.43. The van der Waals surface area contributed by atoms with Crippen LogP contribution < -0.4 is 4.74 Å². The number of rotatable bonds is 2. The van der Waals surface area contributed by atoms with Crippen molar-refractivity contribution in [2.75, 3.05) is 6.79 Å². The van der Waals surface area contributed by atoms with Crippen molar-refractivity contribution in [1.82, 2.24) is 0 Å². The topological polar surface area (TPSA) is 55.8 Å². The SMILES string of the molecule is O=C(O)C1(c2cc3c(cc2Br)COCO3)CCCCC1. The molecule has 3 rings (SSSR count). The lowest BCUT2D eigenvalue weighted by molar-refractivity contribution is -0.145. The summed E-state index contributed by atoms with van der Waals surface area (Å²) in [4.78, 5) is 11.9. The van der Waals surface area contributed by atoms with Crippen molar-refractivity contribution in [2.45, 2.75) is 44.1 Å². The summed E-state index contributed by atoms with van der Waals surface area (Å²) in [6.07, 6.45) is 4.41. The average Bonchev–Trinajstić information content (AvgIpc) is 2.47. The van der Waals surface area contributed by atoms with E-state index in [1.807, 2.05) is 12.1 Å². The van der Waals surface area contributed by atoms with Crippen LogP contribution in [0.15, 0.2) is 16.6 Å². The number of ether oxygens (including phenoxy) is 2. The summed E-state index contributed by atoms with van der Waals surface area (Å²) in [5.74, 6) is 0.0190. The monoisotopic (exact) mass is 340 g/mol. The summed E-state index contributed by atoms with van der Waals surface area (Å²) < 4.78 is 11.6. The number of carbonyl (C=O) groups is 1. The van der Waals surface area contributed by atoms with E-state index in [9.17, 15) is 9.90 Å². The van der Waals surface area contributed by atoms with Crippen LogP contribution in [0.3, 0.4) is 0 Å². The molecule has 0 spiro atoms. The first-order chi connectivity index (χ1) is 9.63. The van der Waals surface area contributed by atoms with E-state index in [-0.39, 0.29) is 6.79 Å². The number of carboxylic acid groups (broad SMARTS) is 1. The van der Waals surface area contributed by atoms with E-state index in [1.54, 1.807) is 0 Å². The van der Waals surface area contributed by atoms with Crippen LogP contribution in [0.4, 0.5) is 0 Å². The Bertz CT molecular complexity index is 535. The van der Waals surface area contributed by atoms with Gasteiger partial charge in [0.1, 0.15) is 5.75 Å². The van der Waals surface area contributed by atoms with Gasteiger partial charge in [-0.05, 0) is 30.5 Å². The molecule has 1 aromatic rings. The molecule has 108 valence electrons. The Morgan fingerprint density at radius 1 is 1.25 bits per heavy atom. The van der Waals surface area contributed by atoms with Crippen LogP contribution in [0.5, 0.6) is 5.75 Å². The second-order valence-electron chi connectivity index (χ2n) is 5.50. The zero-order valence-corrected chi connectivity index (χ0v) is 12.7. The molecule has 0 amide bonds. The first kappa shape index (κ1) is 13.9. The quantitative estimate of drug-likeness (QED) is 0.893. The van der Waals surface area contributed by atoms with Gasteiger partial charge in [-0.15, -0.1) is 0 Å². The zero-order chi connectivity index (χ0) is 14.2. The van der Waals surface area contributed by atoms with Crippen molar-refractivity contribution in [3.63, 3.8) is 0 Å². The van der Waals surface area contributed by atoms with Gasteiger partial charge in [-0.1, -0.05) is 35.2 Å². The van der Waals surface area contributed by atoms with E-state index in [1.165, 1.54) is 0 Å². The number of carboxylic acids is 1. The van der Waals surface area contributed by atoms with E-state index in [2.05, 4.69) is 15.9 Å². The lowest BCUT2D eigenvalue weighted by Crippen LogP contribution is -2.38. The number of hydrogen-bond donors (Lipinski definition) is 1. The lowest BCUT2D eigenvalue weighted by Gasteiger charge is -2.35. The Hall–Kier alpha value is -1.07. The average molecular weight is 341 g/mol. The molecular formula is C15H17BrO4. The fraction of sp³-hybridized carbons (Fsp3) is 0.533. The predicted molar refractivity (Wildman–Crippen MR) is 76.8 cm³/mol. The van der Waals surface area contributed by atoms with Crippen LogP contribution in [0.1, 0.15) is 43.2 Å². The molecule has 1 aromatic carbocycles. The molecule has 0 atom stereocenters. The number of fused-ring (bicyclic) bond motifs is 1. The van der Waals surface area contributed by atoms with E-state index < -0.39 is 11.4 Å². The molecule has 1 saturated carbocycles. The molecule has 0 saturated heterocycles. The minimum Gasteiger partial charge on any atom is -0.481 e. The maximum Gasteiger partial charge on any atom is 0.314 e. The number of hydrogen-bond acceptors (Lipinski definition) is 3. The predicted octanol–water partition coefficient (Wildman–Crippen LogP) is 3.60. The van der Waals surface area contributed by atoms with Crippen LogP contribution >= 0.6 is 15.9 Å². The van der Waals surface area contributed by atoms with Crippen molar-refractivity contribution < 1.29 is 19.4 Å². The van der Waals surface area contributed by atoms with E-state index >= 15 is 0 Å². The van der Waals surface area contributed by atoms with Crippen LogP contribution in [0.2, 0.25) is 0 Å². The number of halogens is 1. The number of aliphatic carboxylic acids is 1. The summed E-state index contributed by atoms with van der Waals surface area (Å²) in [5.41, 5.74) is 1.02. The molecule has 1 heterocycles. The Labute approximate surface area is 126 Å². The molecule has 1 fully saturated rings. The molecule has 2 aliphatic rings. The smallest absolute Gasteiger partial charge is 0.314 e. The highest BCUT2D eigenvalue weighted by Crippen LogP contribution is 2.45. The maximum atomic E-state index is 11.9. The molecule has 0 radical (unpaired) electrons. The summed E-state index contributed by atoms with van der Waals surface area (Å²) >= 11 is 3.54. The van der Waals surface area contributed by atoms with Crippen molar-refractivity contribution >= 4 is 21.9 Å². The molecule has 5 heteroatoms. The third-order valence-corrected chi connectivity index (χ3v) is 4.99. The first-order valence-electron chi connectivity index (χ1n) is 6.90. The fourth-order valence-electron chi connectivity index (χ4n) is 3.22. The molecule has 4 nitrogen and oxygen atoms in total. The van der Waals surface area contributed by atoms with Gasteiger partial charge in [0, 0.05) is 10.0 Å². The largest absolute Gasteiger partial charge is 0.481 e. The van der Waals surface area contributed by atoms with Crippen molar-refractivity contribution in [3.05, 3.63) is 27.7 Å². The highest BCUT2D eigenvalue weighted by atomic mass is 79.9. The van der Waals surface area contributed by atoms with Crippen molar-refractivity contribution in [2.24, 2.45) is 0 Å². The van der Waals surface area contributed by atoms with Crippen molar-refractivity contribution in [1.29, 1.82) is 0 Å². The van der Waals surface area contributed by atoms with Gasteiger partial charge in [0.2, 0.25) is 0 Å². The van der Waals surface area contributed by atoms with Gasteiger partial charge in [0.05, 0.1) is 12.0 Å². The molecule has 1 aliphatic heterocycles. The van der Waals surface area contributed by atoms with E-state index in [4.69, 9.17) is 9.47 Å². The Kier molecular flexibility index (Phi) is 3.73. The second-order valence-corrected chi connectivity index (χ2v) is 6.35. The molecule has 0 unspecified atom stereocenters. The Balaban J connectivity index is 2.09. The van der Waals surface area contributed by atoms with Gasteiger partial charge in [-0.3, -0.25) is 4.79 Å². The molecule has 0 bridgehead atoms. The molecule has 1 aliphatic carbocycles. The molecular weight excluding hydrogens is 324 g/mol. The third kappa shape index (κ3) is 2.23. The fourth-order valence-corrected chi connectivity index (χ4v) is 3.99. The molecule has 1 N–H and O–H groups in total. The molecule has 20 heavy (non-hydrogen) atoms. The summed E-state index contributed by atoms with van der Waals surface area (Å²) in [6.45, 7) is 0.739. The normalized spacial score (nSPS) is 20.9. The summed E-state index contributed by atoms with van der Waals surface area (Å²) in [7, 11) is 0. The first-order valence-corrected chi connectivity index (χ1v) is 7.70. The Morgan fingerprint density at radius 2 is 2.00 bits per heavy atom. The van der Waals surface area contributed by atoms with Gasteiger partial charge in [0.25, 0.3) is 0 Å². The standard InChI is InChI=1S/C15H17BrO4/c16-12-6-10-8-19-9-20-13(10)7-11(12)15(14(17)18)4-2-1-3-5-15/h6-7H,1-5,8-9H2,(H,17,18). The van der Waals surface area contributed by atoms with Crippen LogP contribution in [0, 0.1) is 0 Å². The van der Waals surface area contributed by atoms with Crippen LogP contribution in [-0.2, 0) is 21.6 Å². The second kappa shape index (κ2) is 5.37. The van der Waals surface area contributed by atoms with Gasteiger partial charge in [-0.25, -0.2) is 0 Å². The van der Waals surface area contributed by atoms with E-state index in [0.717, 1.165) is 40.6 Å². The minimum atomic E-state index is -0.784. The van der Waals surface area contributed by atoms with Crippen molar-refractivity contribution in [3.8, 4) is 5.75 Å². The van der Waals surface area contributed by atoms with Gasteiger partial charge in [-0.2, -0.15) is 0 Å². The zero-order valence-electron chi connectivity index (χ0n) is 11.2. The van der Waals surface area contributed by atoms with Gasteiger partial charge < -0.3 is 14.6 Å². The highest BCUT2D eigenvalue weighted by molar-refractivity contribution is 9.10. The van der Waals surface area contributed by atoms with Gasteiger partial charge in [0.15, 0.2) is 6.79 Å². The number of benzene rings is 1. The summed E-state index contributed by atoms with van der Waals surface area (Å²) in [6, 6.07) is 3.82. The van der Waals surface area contributed by atoms with Crippen LogP contribution in [0.25, 0.3) is 0 Å². The summed E-state index contributed by atoms with van der Waals surface area (Å²) in [5, 5.41) is 9.78. The maximum absolute atomic E-state index is 11.9. The third-order valence-electron chi connectivity index (χ3n) is 4.34. The Morgan fingerprint density at radius 3 is 2.70 bits per heavy atom. The van der Waals surface area contributed by atoms with Crippen LogP contribution in [-0.4, -0.2) is 17.9 Å². The van der Waals surface area contributed by atoms with Gasteiger partial charge >= 0.3 is 5.97 Å². The minimum absolute atomic E-state index is 0.230. The molecule has 0 aromatic heterocycles.